The van der Waals surface area contributed by atoms with E-state index in [2.05, 4.69) is 5.32 Å². The lowest BCUT2D eigenvalue weighted by Gasteiger charge is -2.08. The molecule has 0 aliphatic rings. The van der Waals surface area contributed by atoms with Crippen molar-refractivity contribution >= 4 is 23.0 Å². The number of nitro benzene ring substituents is 1. The van der Waals surface area contributed by atoms with Crippen LogP contribution >= 0.6 is 11.6 Å². The van der Waals surface area contributed by atoms with Gasteiger partial charge in [0.1, 0.15) is 11.5 Å². The number of nitro groups is 1. The molecule has 2 aromatic carbocycles. The van der Waals surface area contributed by atoms with E-state index in [9.17, 15) is 18.9 Å². The molecule has 0 aliphatic carbocycles. The third-order valence-electron chi connectivity index (χ3n) is 2.64. The normalized spacial score (nSPS) is 10.3. The minimum Gasteiger partial charge on any atom is -0.375 e. The molecule has 0 radical (unpaired) electrons. The molecular formula is C13H9ClF2N2O2. The summed E-state index contributed by atoms with van der Waals surface area (Å²) in [4.78, 5) is 10.0. The average molecular weight is 299 g/mol. The number of hydrogen-bond donors (Lipinski definition) is 1. The van der Waals surface area contributed by atoms with Gasteiger partial charge < -0.3 is 5.32 Å². The molecule has 0 fully saturated rings. The van der Waals surface area contributed by atoms with E-state index in [1.807, 2.05) is 0 Å². The van der Waals surface area contributed by atoms with Gasteiger partial charge in [-0.25, -0.2) is 4.39 Å². The lowest BCUT2D eigenvalue weighted by atomic mass is 10.2. The molecule has 7 heteroatoms. The third-order valence-corrected chi connectivity index (χ3v) is 2.93. The Bertz CT molecular complexity index is 665. The van der Waals surface area contributed by atoms with Gasteiger partial charge in [0.2, 0.25) is 5.82 Å². The van der Waals surface area contributed by atoms with Gasteiger partial charge in [0.15, 0.2) is 0 Å². The summed E-state index contributed by atoms with van der Waals surface area (Å²) in [7, 11) is 0. The summed E-state index contributed by atoms with van der Waals surface area (Å²) in [5.74, 6) is -1.47. The Labute approximate surface area is 118 Å². The molecule has 0 unspecified atom stereocenters. The molecule has 2 aromatic rings. The second-order valence-corrected chi connectivity index (χ2v) is 4.40. The Morgan fingerprint density at radius 3 is 2.60 bits per heavy atom. The first kappa shape index (κ1) is 14.2. The van der Waals surface area contributed by atoms with E-state index in [-0.39, 0.29) is 17.3 Å². The maximum absolute atomic E-state index is 13.4. The van der Waals surface area contributed by atoms with E-state index in [0.29, 0.717) is 5.56 Å². The van der Waals surface area contributed by atoms with Crippen LogP contribution in [-0.2, 0) is 6.54 Å². The SMILES string of the molecule is O=[N+]([O-])c1c(F)cccc1NCc1ccc(F)c(Cl)c1. The van der Waals surface area contributed by atoms with Crippen LogP contribution in [0.1, 0.15) is 5.56 Å². The molecule has 104 valence electrons. The fourth-order valence-corrected chi connectivity index (χ4v) is 1.89. The van der Waals surface area contributed by atoms with Gasteiger partial charge in [0, 0.05) is 6.54 Å². The molecule has 0 aromatic heterocycles. The quantitative estimate of drug-likeness (QED) is 0.682. The van der Waals surface area contributed by atoms with Crippen LogP contribution in [0.5, 0.6) is 0 Å². The highest BCUT2D eigenvalue weighted by Gasteiger charge is 2.19. The van der Waals surface area contributed by atoms with Crippen LogP contribution < -0.4 is 5.32 Å². The second kappa shape index (κ2) is 5.83. The van der Waals surface area contributed by atoms with Gasteiger partial charge in [-0.1, -0.05) is 23.7 Å². The summed E-state index contributed by atoms with van der Waals surface area (Å²) in [5.41, 5.74) is 0.0473. The smallest absolute Gasteiger partial charge is 0.327 e. The van der Waals surface area contributed by atoms with Crippen molar-refractivity contribution in [1.82, 2.24) is 0 Å². The molecule has 0 atom stereocenters. The molecule has 1 N–H and O–H groups in total. The zero-order valence-electron chi connectivity index (χ0n) is 10.1. The first-order chi connectivity index (χ1) is 9.49. The molecule has 0 spiro atoms. The molecule has 4 nitrogen and oxygen atoms in total. The van der Waals surface area contributed by atoms with Crippen molar-refractivity contribution in [2.24, 2.45) is 0 Å². The van der Waals surface area contributed by atoms with Gasteiger partial charge in [0.25, 0.3) is 0 Å². The lowest BCUT2D eigenvalue weighted by Crippen LogP contribution is -2.04. The molecule has 0 amide bonds. The highest BCUT2D eigenvalue weighted by atomic mass is 35.5. The van der Waals surface area contributed by atoms with Gasteiger partial charge in [-0.3, -0.25) is 10.1 Å². The highest BCUT2D eigenvalue weighted by Crippen LogP contribution is 2.27. The van der Waals surface area contributed by atoms with Gasteiger partial charge in [0.05, 0.1) is 9.95 Å². The summed E-state index contributed by atoms with van der Waals surface area (Å²) in [6.45, 7) is 0.157. The largest absolute Gasteiger partial charge is 0.375 e. The molecule has 0 aliphatic heterocycles. The zero-order chi connectivity index (χ0) is 14.7. The van der Waals surface area contributed by atoms with Crippen molar-refractivity contribution in [1.29, 1.82) is 0 Å². The number of halogens is 3. The number of benzene rings is 2. The Kier molecular flexibility index (Phi) is 4.14. The topological polar surface area (TPSA) is 55.2 Å². The molecule has 0 heterocycles. The van der Waals surface area contributed by atoms with Crippen LogP contribution in [-0.4, -0.2) is 4.92 Å². The standard InChI is InChI=1S/C13H9ClF2N2O2/c14-9-6-8(4-5-10(9)15)7-17-12-3-1-2-11(16)13(12)18(19)20/h1-6,17H,7H2. The molecule has 0 saturated carbocycles. The van der Waals surface area contributed by atoms with E-state index in [1.165, 1.54) is 30.3 Å². The van der Waals surface area contributed by atoms with E-state index in [1.54, 1.807) is 0 Å². The van der Waals surface area contributed by atoms with E-state index in [4.69, 9.17) is 11.6 Å². The first-order valence-corrected chi connectivity index (χ1v) is 5.97. The minimum absolute atomic E-state index is 0.0435. The lowest BCUT2D eigenvalue weighted by molar-refractivity contribution is -0.386. The van der Waals surface area contributed by atoms with Crippen LogP contribution in [0.3, 0.4) is 0 Å². The fraction of sp³-hybridized carbons (Fsp3) is 0.0769. The Morgan fingerprint density at radius 1 is 1.20 bits per heavy atom. The number of para-hydroxylation sites is 1. The third kappa shape index (κ3) is 3.03. The van der Waals surface area contributed by atoms with Crippen LogP contribution in [0.15, 0.2) is 36.4 Å². The van der Waals surface area contributed by atoms with E-state index >= 15 is 0 Å². The van der Waals surface area contributed by atoms with Gasteiger partial charge >= 0.3 is 5.69 Å². The summed E-state index contributed by atoms with van der Waals surface area (Å²) in [6.07, 6.45) is 0. The number of rotatable bonds is 4. The Balaban J connectivity index is 2.21. The summed E-state index contributed by atoms with van der Waals surface area (Å²) >= 11 is 5.63. The average Bonchev–Trinajstić information content (AvgIpc) is 2.39. The number of anilines is 1. The van der Waals surface area contributed by atoms with E-state index in [0.717, 1.165) is 6.07 Å². The number of nitrogens with zero attached hydrogens (tertiary/aromatic N) is 1. The molecule has 2 rings (SSSR count). The second-order valence-electron chi connectivity index (χ2n) is 4.00. The minimum atomic E-state index is -0.919. The summed E-state index contributed by atoms with van der Waals surface area (Å²) in [5, 5.41) is 13.5. The van der Waals surface area contributed by atoms with Crippen molar-refractivity contribution in [3.05, 3.63) is 68.7 Å². The molecule has 20 heavy (non-hydrogen) atoms. The zero-order valence-corrected chi connectivity index (χ0v) is 10.8. The van der Waals surface area contributed by atoms with Crippen molar-refractivity contribution in [3.8, 4) is 0 Å². The van der Waals surface area contributed by atoms with Crippen molar-refractivity contribution in [2.45, 2.75) is 6.54 Å². The van der Waals surface area contributed by atoms with Gasteiger partial charge in [-0.15, -0.1) is 0 Å². The van der Waals surface area contributed by atoms with Crippen LogP contribution in [0.4, 0.5) is 20.2 Å². The van der Waals surface area contributed by atoms with Crippen LogP contribution in [0.25, 0.3) is 0 Å². The van der Waals surface area contributed by atoms with Crippen LogP contribution in [0.2, 0.25) is 5.02 Å². The summed E-state index contributed by atoms with van der Waals surface area (Å²) < 4.78 is 26.4. The van der Waals surface area contributed by atoms with Gasteiger partial charge in [-0.05, 0) is 29.8 Å². The summed E-state index contributed by atoms with van der Waals surface area (Å²) in [6, 6.07) is 7.85. The van der Waals surface area contributed by atoms with Crippen molar-refractivity contribution < 1.29 is 13.7 Å². The van der Waals surface area contributed by atoms with Crippen molar-refractivity contribution in [3.63, 3.8) is 0 Å². The monoisotopic (exact) mass is 298 g/mol. The molecule has 0 bridgehead atoms. The molecular weight excluding hydrogens is 290 g/mol. The maximum Gasteiger partial charge on any atom is 0.327 e. The Morgan fingerprint density at radius 2 is 1.95 bits per heavy atom. The van der Waals surface area contributed by atoms with Gasteiger partial charge in [-0.2, -0.15) is 4.39 Å². The van der Waals surface area contributed by atoms with Crippen LogP contribution in [0, 0.1) is 21.7 Å². The number of nitrogens with one attached hydrogen (secondary N) is 1. The number of hydrogen-bond acceptors (Lipinski definition) is 3. The predicted octanol–water partition coefficient (Wildman–Crippen LogP) is 4.14. The first-order valence-electron chi connectivity index (χ1n) is 5.59. The van der Waals surface area contributed by atoms with Crippen molar-refractivity contribution in [2.75, 3.05) is 5.32 Å². The van der Waals surface area contributed by atoms with E-state index < -0.39 is 22.2 Å². The maximum atomic E-state index is 13.4. The Hall–Kier alpha value is -2.21. The highest BCUT2D eigenvalue weighted by molar-refractivity contribution is 6.30. The fourth-order valence-electron chi connectivity index (χ4n) is 1.69. The molecule has 0 saturated heterocycles. The predicted molar refractivity (Wildman–Crippen MR) is 71.8 cm³/mol.